The summed E-state index contributed by atoms with van der Waals surface area (Å²) in [7, 11) is 0. The average molecular weight is 276 g/mol. The summed E-state index contributed by atoms with van der Waals surface area (Å²) in [5.74, 6) is 0.440. The summed E-state index contributed by atoms with van der Waals surface area (Å²) in [4.78, 5) is 2.18. The molecule has 5 heteroatoms. The van der Waals surface area contributed by atoms with Crippen LogP contribution in [0.25, 0.3) is 0 Å². The largest absolute Gasteiger partial charge is 0.506 e. The Morgan fingerprint density at radius 3 is 2.76 bits per heavy atom. The monoisotopic (exact) mass is 275 g/mol. The molecule has 0 amide bonds. The highest BCUT2D eigenvalue weighted by atomic mass is 35.5. The Morgan fingerprint density at radius 1 is 1.35 bits per heavy atom. The topological polar surface area (TPSA) is 43.7 Å². The Kier molecular flexibility index (Phi) is 4.15. The summed E-state index contributed by atoms with van der Waals surface area (Å²) in [6, 6.07) is 3.26. The van der Waals surface area contributed by atoms with Crippen LogP contribution in [0.2, 0.25) is 10.0 Å². The second-order valence-corrected chi connectivity index (χ2v) is 5.31. The fourth-order valence-electron chi connectivity index (χ4n) is 2.19. The van der Waals surface area contributed by atoms with Gasteiger partial charge in [-0.25, -0.2) is 0 Å². The predicted octanol–water partition coefficient (Wildman–Crippen LogP) is 2.51. The van der Waals surface area contributed by atoms with Crippen LogP contribution in [0, 0.1) is 5.92 Å². The molecular weight excluding hydrogens is 261 g/mol. The van der Waals surface area contributed by atoms with Gasteiger partial charge in [-0.05, 0) is 31.0 Å². The van der Waals surface area contributed by atoms with E-state index in [0.29, 0.717) is 17.5 Å². The summed E-state index contributed by atoms with van der Waals surface area (Å²) >= 11 is 11.8. The molecule has 2 N–H and O–H groups in total. The van der Waals surface area contributed by atoms with Crippen molar-refractivity contribution in [2.45, 2.75) is 13.0 Å². The Morgan fingerprint density at radius 2 is 2.12 bits per heavy atom. The number of nitrogens with zero attached hydrogens (tertiary/aromatic N) is 1. The molecule has 0 saturated carbocycles. The molecule has 0 aliphatic carbocycles. The molecule has 1 heterocycles. The molecule has 1 unspecified atom stereocenters. The lowest BCUT2D eigenvalue weighted by atomic mass is 10.1. The van der Waals surface area contributed by atoms with Crippen LogP contribution in [0.1, 0.15) is 12.0 Å². The van der Waals surface area contributed by atoms with Gasteiger partial charge in [-0.2, -0.15) is 0 Å². The molecule has 1 aliphatic heterocycles. The zero-order valence-electron chi connectivity index (χ0n) is 9.37. The van der Waals surface area contributed by atoms with E-state index < -0.39 is 0 Å². The number of phenolic OH excluding ortho intramolecular Hbond substituents is 1. The van der Waals surface area contributed by atoms with Crippen molar-refractivity contribution in [1.29, 1.82) is 0 Å². The predicted molar refractivity (Wildman–Crippen MR) is 68.6 cm³/mol. The molecule has 1 aliphatic rings. The first-order valence-electron chi connectivity index (χ1n) is 5.60. The van der Waals surface area contributed by atoms with Crippen LogP contribution in [0.3, 0.4) is 0 Å². The van der Waals surface area contributed by atoms with Crippen molar-refractivity contribution in [2.75, 3.05) is 19.7 Å². The third-order valence-corrected chi connectivity index (χ3v) is 3.64. The number of halogens is 2. The van der Waals surface area contributed by atoms with E-state index in [0.717, 1.165) is 25.1 Å². The maximum atomic E-state index is 9.84. The third-order valence-electron chi connectivity index (χ3n) is 3.13. The maximum Gasteiger partial charge on any atom is 0.138 e. The first kappa shape index (κ1) is 13.0. The first-order valence-corrected chi connectivity index (χ1v) is 6.36. The second-order valence-electron chi connectivity index (χ2n) is 4.47. The van der Waals surface area contributed by atoms with Crippen molar-refractivity contribution >= 4 is 23.2 Å². The van der Waals surface area contributed by atoms with Crippen LogP contribution in [-0.4, -0.2) is 34.8 Å². The Hall–Kier alpha value is -0.480. The third kappa shape index (κ3) is 3.05. The van der Waals surface area contributed by atoms with E-state index in [2.05, 4.69) is 4.90 Å². The van der Waals surface area contributed by atoms with Gasteiger partial charge in [-0.1, -0.05) is 23.2 Å². The van der Waals surface area contributed by atoms with E-state index in [1.165, 1.54) is 6.07 Å². The second kappa shape index (κ2) is 5.44. The number of aliphatic hydroxyl groups is 1. The summed E-state index contributed by atoms with van der Waals surface area (Å²) in [6.45, 7) is 2.61. The molecule has 1 aromatic carbocycles. The summed E-state index contributed by atoms with van der Waals surface area (Å²) < 4.78 is 0. The van der Waals surface area contributed by atoms with Gasteiger partial charge in [-0.3, -0.25) is 4.90 Å². The molecule has 94 valence electrons. The molecular formula is C12H15Cl2NO2. The fraction of sp³-hybridized carbons (Fsp3) is 0.500. The van der Waals surface area contributed by atoms with Gasteiger partial charge in [0.05, 0.1) is 5.02 Å². The zero-order chi connectivity index (χ0) is 12.4. The molecule has 3 nitrogen and oxygen atoms in total. The van der Waals surface area contributed by atoms with Crippen LogP contribution in [-0.2, 0) is 6.54 Å². The fourth-order valence-corrected chi connectivity index (χ4v) is 2.72. The van der Waals surface area contributed by atoms with E-state index in [1.54, 1.807) is 6.07 Å². The van der Waals surface area contributed by atoms with E-state index >= 15 is 0 Å². The lowest BCUT2D eigenvalue weighted by Gasteiger charge is -2.17. The van der Waals surface area contributed by atoms with Gasteiger partial charge in [0, 0.05) is 30.3 Å². The van der Waals surface area contributed by atoms with Gasteiger partial charge in [0.1, 0.15) is 5.75 Å². The summed E-state index contributed by atoms with van der Waals surface area (Å²) in [5.41, 5.74) is 0.737. The average Bonchev–Trinajstić information content (AvgIpc) is 2.73. The smallest absolute Gasteiger partial charge is 0.138 e. The number of benzene rings is 1. The van der Waals surface area contributed by atoms with Gasteiger partial charge in [0.15, 0.2) is 0 Å². The molecule has 2 rings (SSSR count). The number of phenols is 1. The molecule has 1 saturated heterocycles. The van der Waals surface area contributed by atoms with E-state index in [9.17, 15) is 5.11 Å². The highest BCUT2D eigenvalue weighted by Gasteiger charge is 2.22. The van der Waals surface area contributed by atoms with Crippen molar-refractivity contribution in [2.24, 2.45) is 5.92 Å². The van der Waals surface area contributed by atoms with Gasteiger partial charge >= 0.3 is 0 Å². The Bertz CT molecular complexity index is 412. The van der Waals surface area contributed by atoms with Crippen molar-refractivity contribution in [3.8, 4) is 5.75 Å². The number of rotatable bonds is 3. The number of aliphatic hydroxyl groups excluding tert-OH is 1. The van der Waals surface area contributed by atoms with Crippen LogP contribution >= 0.6 is 23.2 Å². The standard InChI is InChI=1S/C12H15Cl2NO2/c13-10-3-9(12(17)11(14)4-10)6-15-2-1-8(5-15)7-16/h3-4,8,16-17H,1-2,5-7H2. The maximum absolute atomic E-state index is 9.84. The van der Waals surface area contributed by atoms with Gasteiger partial charge in [-0.15, -0.1) is 0 Å². The highest BCUT2D eigenvalue weighted by molar-refractivity contribution is 6.35. The minimum absolute atomic E-state index is 0.100. The van der Waals surface area contributed by atoms with Crippen molar-refractivity contribution < 1.29 is 10.2 Å². The highest BCUT2D eigenvalue weighted by Crippen LogP contribution is 2.32. The molecule has 0 spiro atoms. The van der Waals surface area contributed by atoms with Crippen LogP contribution < -0.4 is 0 Å². The molecule has 0 radical (unpaired) electrons. The molecule has 0 aromatic heterocycles. The van der Waals surface area contributed by atoms with Gasteiger partial charge < -0.3 is 10.2 Å². The number of hydrogen-bond donors (Lipinski definition) is 2. The first-order chi connectivity index (χ1) is 8.10. The zero-order valence-corrected chi connectivity index (χ0v) is 10.9. The minimum atomic E-state index is 0.100. The van der Waals surface area contributed by atoms with Crippen LogP contribution in [0.5, 0.6) is 5.75 Å². The summed E-state index contributed by atoms with van der Waals surface area (Å²) in [5, 5.41) is 19.7. The molecule has 0 bridgehead atoms. The molecule has 1 aromatic rings. The molecule has 1 atom stereocenters. The van der Waals surface area contributed by atoms with Crippen molar-refractivity contribution in [1.82, 2.24) is 4.90 Å². The normalized spacial score (nSPS) is 21.0. The molecule has 1 fully saturated rings. The quantitative estimate of drug-likeness (QED) is 0.891. The van der Waals surface area contributed by atoms with Crippen molar-refractivity contribution in [3.63, 3.8) is 0 Å². The summed E-state index contributed by atoms with van der Waals surface area (Å²) in [6.07, 6.45) is 0.992. The number of likely N-dealkylation sites (tertiary alicyclic amines) is 1. The van der Waals surface area contributed by atoms with E-state index in [-0.39, 0.29) is 17.4 Å². The molecule has 17 heavy (non-hydrogen) atoms. The van der Waals surface area contributed by atoms with Gasteiger partial charge in [0.2, 0.25) is 0 Å². The van der Waals surface area contributed by atoms with Crippen LogP contribution in [0.4, 0.5) is 0 Å². The van der Waals surface area contributed by atoms with Crippen molar-refractivity contribution in [3.05, 3.63) is 27.7 Å². The van der Waals surface area contributed by atoms with Crippen LogP contribution in [0.15, 0.2) is 12.1 Å². The minimum Gasteiger partial charge on any atom is -0.506 e. The van der Waals surface area contributed by atoms with E-state index in [1.807, 2.05) is 0 Å². The number of hydrogen-bond acceptors (Lipinski definition) is 3. The van der Waals surface area contributed by atoms with Gasteiger partial charge in [0.25, 0.3) is 0 Å². The van der Waals surface area contributed by atoms with E-state index in [4.69, 9.17) is 28.3 Å². The lowest BCUT2D eigenvalue weighted by molar-refractivity contribution is 0.219. The Balaban J connectivity index is 2.09. The number of aromatic hydroxyl groups is 1. The lowest BCUT2D eigenvalue weighted by Crippen LogP contribution is -2.21. The SMILES string of the molecule is OCC1CCN(Cc2cc(Cl)cc(Cl)c2O)C1. The Labute approximate surface area is 111 Å².